The average Bonchev–Trinajstić information content (AvgIpc) is 2.91. The summed E-state index contributed by atoms with van der Waals surface area (Å²) in [6.07, 6.45) is 0.483. The summed E-state index contributed by atoms with van der Waals surface area (Å²) in [6, 6.07) is 0. The third-order valence-corrected chi connectivity index (χ3v) is 4.18. The number of amides is 1. The van der Waals surface area contributed by atoms with Gasteiger partial charge in [0.25, 0.3) is 0 Å². The molecule has 1 amide bonds. The third-order valence-electron chi connectivity index (χ3n) is 4.18. The van der Waals surface area contributed by atoms with Crippen molar-refractivity contribution in [2.75, 3.05) is 6.54 Å². The van der Waals surface area contributed by atoms with Gasteiger partial charge in [-0.25, -0.2) is 0 Å². The van der Waals surface area contributed by atoms with Crippen LogP contribution in [0.2, 0.25) is 0 Å². The van der Waals surface area contributed by atoms with Gasteiger partial charge in [0.15, 0.2) is 0 Å². The summed E-state index contributed by atoms with van der Waals surface area (Å²) in [5.74, 6) is -1.76. The Morgan fingerprint density at radius 2 is 1.71 bits per heavy atom. The van der Waals surface area contributed by atoms with Gasteiger partial charge in [0, 0.05) is 6.54 Å². The van der Waals surface area contributed by atoms with Crippen molar-refractivity contribution in [3.8, 4) is 0 Å². The topological polar surface area (TPSA) is 66.4 Å². The molecule has 0 heterocycles. The van der Waals surface area contributed by atoms with Gasteiger partial charge in [-0.1, -0.05) is 34.6 Å². The maximum absolute atomic E-state index is 11.7. The second-order valence-corrected chi connectivity index (χ2v) is 6.64. The molecule has 1 fully saturated rings. The Balaban J connectivity index is 2.43. The fraction of sp³-hybridized carbons (Fsp3) is 0.846. The highest BCUT2D eigenvalue weighted by Crippen LogP contribution is 2.40. The standard InChI is InChI=1S/C13H23NO3/c1-12(2,3)13(4,5)7-14-10(15)8-6-9(8)11(16)17/h8-9H,6-7H2,1-5H3,(H,14,15)(H,16,17). The van der Waals surface area contributed by atoms with Crippen molar-refractivity contribution in [1.82, 2.24) is 5.32 Å². The van der Waals surface area contributed by atoms with E-state index in [-0.39, 0.29) is 22.7 Å². The summed E-state index contributed by atoms with van der Waals surface area (Å²) in [7, 11) is 0. The van der Waals surface area contributed by atoms with Crippen LogP contribution >= 0.6 is 0 Å². The molecule has 4 nitrogen and oxygen atoms in total. The summed E-state index contributed by atoms with van der Waals surface area (Å²) in [5, 5.41) is 11.6. The van der Waals surface area contributed by atoms with Gasteiger partial charge < -0.3 is 10.4 Å². The summed E-state index contributed by atoms with van der Waals surface area (Å²) in [4.78, 5) is 22.4. The molecular formula is C13H23NO3. The lowest BCUT2D eigenvalue weighted by Crippen LogP contribution is -2.42. The first-order valence-corrected chi connectivity index (χ1v) is 6.07. The predicted octanol–water partition coefficient (Wildman–Crippen LogP) is 1.90. The minimum atomic E-state index is -0.861. The van der Waals surface area contributed by atoms with Crippen LogP contribution in [-0.4, -0.2) is 23.5 Å². The maximum Gasteiger partial charge on any atom is 0.307 e. The molecule has 17 heavy (non-hydrogen) atoms. The van der Waals surface area contributed by atoms with E-state index < -0.39 is 11.9 Å². The molecule has 0 saturated heterocycles. The van der Waals surface area contributed by atoms with Crippen LogP contribution in [0.25, 0.3) is 0 Å². The summed E-state index contributed by atoms with van der Waals surface area (Å²) in [5.41, 5.74) is 0.0757. The average molecular weight is 241 g/mol. The first-order chi connectivity index (χ1) is 7.56. The van der Waals surface area contributed by atoms with Crippen LogP contribution in [-0.2, 0) is 9.59 Å². The number of nitrogens with one attached hydrogen (secondary N) is 1. The van der Waals surface area contributed by atoms with Gasteiger partial charge in [-0.3, -0.25) is 9.59 Å². The molecular weight excluding hydrogens is 218 g/mol. The monoisotopic (exact) mass is 241 g/mol. The zero-order valence-corrected chi connectivity index (χ0v) is 11.3. The minimum absolute atomic E-state index is 0.0176. The molecule has 0 radical (unpaired) electrons. The number of carboxylic acid groups (broad SMARTS) is 1. The van der Waals surface area contributed by atoms with Crippen molar-refractivity contribution in [2.24, 2.45) is 22.7 Å². The lowest BCUT2D eigenvalue weighted by Gasteiger charge is -2.39. The second kappa shape index (κ2) is 4.31. The van der Waals surface area contributed by atoms with E-state index in [4.69, 9.17) is 5.11 Å². The third kappa shape index (κ3) is 3.20. The molecule has 0 aromatic carbocycles. The fourth-order valence-corrected chi connectivity index (χ4v) is 1.46. The van der Waals surface area contributed by atoms with Crippen molar-refractivity contribution in [3.63, 3.8) is 0 Å². The van der Waals surface area contributed by atoms with Gasteiger partial charge in [0.05, 0.1) is 11.8 Å². The highest BCUT2D eigenvalue weighted by atomic mass is 16.4. The maximum atomic E-state index is 11.7. The van der Waals surface area contributed by atoms with Crippen molar-refractivity contribution < 1.29 is 14.7 Å². The van der Waals surface area contributed by atoms with Gasteiger partial charge >= 0.3 is 5.97 Å². The first-order valence-electron chi connectivity index (χ1n) is 6.07. The van der Waals surface area contributed by atoms with Gasteiger partial charge in [0.1, 0.15) is 0 Å². The highest BCUT2D eigenvalue weighted by molar-refractivity contribution is 5.89. The molecule has 0 bridgehead atoms. The van der Waals surface area contributed by atoms with Crippen LogP contribution < -0.4 is 5.32 Å². The number of carbonyl (C=O) groups excluding carboxylic acids is 1. The van der Waals surface area contributed by atoms with Gasteiger partial charge in [-0.15, -0.1) is 0 Å². The SMILES string of the molecule is CC(C)(C)C(C)(C)CNC(=O)C1CC1C(=O)O. The Labute approximate surface area is 103 Å². The molecule has 1 rings (SSSR count). The van der Waals surface area contributed by atoms with E-state index in [9.17, 15) is 9.59 Å². The Bertz CT molecular complexity index is 328. The normalized spacial score (nSPS) is 24.3. The van der Waals surface area contributed by atoms with E-state index in [0.717, 1.165) is 0 Å². The Hall–Kier alpha value is -1.06. The van der Waals surface area contributed by atoms with Crippen molar-refractivity contribution >= 4 is 11.9 Å². The molecule has 1 aliphatic rings. The Morgan fingerprint density at radius 3 is 2.06 bits per heavy atom. The van der Waals surface area contributed by atoms with Crippen LogP contribution in [0.1, 0.15) is 41.0 Å². The number of carboxylic acids is 1. The minimum Gasteiger partial charge on any atom is -0.481 e. The summed E-state index contributed by atoms with van der Waals surface area (Å²) >= 11 is 0. The number of aliphatic carboxylic acids is 1. The van der Waals surface area contributed by atoms with Gasteiger partial charge in [-0.2, -0.15) is 0 Å². The zero-order valence-electron chi connectivity index (χ0n) is 11.3. The highest BCUT2D eigenvalue weighted by Gasteiger charge is 2.48. The second-order valence-electron chi connectivity index (χ2n) is 6.64. The molecule has 0 aromatic rings. The van der Waals surface area contributed by atoms with E-state index in [1.54, 1.807) is 0 Å². The van der Waals surface area contributed by atoms with Crippen LogP contribution in [0.15, 0.2) is 0 Å². The van der Waals surface area contributed by atoms with E-state index in [1.807, 2.05) is 0 Å². The van der Waals surface area contributed by atoms with Gasteiger partial charge in [0.2, 0.25) is 5.91 Å². The molecule has 4 heteroatoms. The molecule has 2 N–H and O–H groups in total. The smallest absolute Gasteiger partial charge is 0.307 e. The van der Waals surface area contributed by atoms with Crippen LogP contribution in [0.4, 0.5) is 0 Å². The lowest BCUT2D eigenvalue weighted by atomic mass is 9.69. The van der Waals surface area contributed by atoms with E-state index in [1.165, 1.54) is 0 Å². The number of carbonyl (C=O) groups is 2. The molecule has 1 aliphatic carbocycles. The molecule has 0 aromatic heterocycles. The van der Waals surface area contributed by atoms with Crippen LogP contribution in [0.5, 0.6) is 0 Å². The molecule has 1 saturated carbocycles. The molecule has 98 valence electrons. The number of hydrogen-bond donors (Lipinski definition) is 2. The predicted molar refractivity (Wildman–Crippen MR) is 65.5 cm³/mol. The first kappa shape index (κ1) is 14.0. The van der Waals surface area contributed by atoms with Crippen LogP contribution in [0.3, 0.4) is 0 Å². The molecule has 0 aliphatic heterocycles. The van der Waals surface area contributed by atoms with Crippen molar-refractivity contribution in [3.05, 3.63) is 0 Å². The molecule has 2 unspecified atom stereocenters. The summed E-state index contributed by atoms with van der Waals surface area (Å²) < 4.78 is 0. The van der Waals surface area contributed by atoms with Crippen molar-refractivity contribution in [1.29, 1.82) is 0 Å². The zero-order chi connectivity index (χ0) is 13.4. The number of hydrogen-bond acceptors (Lipinski definition) is 2. The van der Waals surface area contributed by atoms with Crippen LogP contribution in [0, 0.1) is 22.7 Å². The van der Waals surface area contributed by atoms with E-state index in [2.05, 4.69) is 39.9 Å². The van der Waals surface area contributed by atoms with Gasteiger partial charge in [-0.05, 0) is 17.3 Å². The largest absolute Gasteiger partial charge is 0.481 e. The van der Waals surface area contributed by atoms with E-state index >= 15 is 0 Å². The lowest BCUT2D eigenvalue weighted by molar-refractivity contribution is -0.140. The quantitative estimate of drug-likeness (QED) is 0.790. The fourth-order valence-electron chi connectivity index (χ4n) is 1.46. The number of rotatable bonds is 4. The van der Waals surface area contributed by atoms with Crippen molar-refractivity contribution in [2.45, 2.75) is 41.0 Å². The Morgan fingerprint density at radius 1 is 1.18 bits per heavy atom. The molecule has 2 atom stereocenters. The van der Waals surface area contributed by atoms with E-state index in [0.29, 0.717) is 13.0 Å². The molecule has 0 spiro atoms. The Kier molecular flexibility index (Phi) is 3.55. The summed E-state index contributed by atoms with van der Waals surface area (Å²) in [6.45, 7) is 11.2.